The molecule has 1 aromatic heterocycles. The van der Waals surface area contributed by atoms with Gasteiger partial charge in [-0.3, -0.25) is 0 Å². The molecule has 0 radical (unpaired) electrons. The van der Waals surface area contributed by atoms with Gasteiger partial charge in [0.05, 0.1) is 5.75 Å². The monoisotopic (exact) mass is 228 g/mol. The molecule has 3 nitrogen and oxygen atoms in total. The van der Waals surface area contributed by atoms with Crippen LogP contribution in [0.1, 0.15) is 42.1 Å². The molecule has 0 aromatic carbocycles. The average Bonchev–Trinajstić information content (AvgIpc) is 2.56. The van der Waals surface area contributed by atoms with Crippen LogP contribution in [0.3, 0.4) is 0 Å². The lowest BCUT2D eigenvalue weighted by Gasteiger charge is -2.05. The molecule has 15 heavy (non-hydrogen) atoms. The first-order valence-corrected chi connectivity index (χ1v) is 6.03. The number of aromatic carboxylic acids is 1. The van der Waals surface area contributed by atoms with Gasteiger partial charge in [-0.05, 0) is 19.4 Å². The van der Waals surface area contributed by atoms with E-state index in [1.54, 1.807) is 24.8 Å². The number of thioether (sulfide) groups is 1. The van der Waals surface area contributed by atoms with Crippen molar-refractivity contribution in [1.29, 1.82) is 0 Å². The van der Waals surface area contributed by atoms with Crippen LogP contribution in [0.15, 0.2) is 10.5 Å². The van der Waals surface area contributed by atoms with Crippen molar-refractivity contribution in [2.45, 2.75) is 38.2 Å². The maximum atomic E-state index is 10.8. The number of carbonyl (C=O) groups is 1. The largest absolute Gasteiger partial charge is 0.478 e. The number of carboxylic acid groups (broad SMARTS) is 1. The fourth-order valence-corrected chi connectivity index (χ4v) is 2.00. The lowest BCUT2D eigenvalue weighted by Crippen LogP contribution is -1.95. The molecule has 1 unspecified atom stereocenters. The molecule has 1 rings (SSSR count). The van der Waals surface area contributed by atoms with Crippen LogP contribution in [-0.2, 0) is 5.75 Å². The van der Waals surface area contributed by atoms with Crippen LogP contribution in [0, 0.1) is 6.92 Å². The molecule has 1 N–H and O–H groups in total. The number of aryl methyl sites for hydroxylation is 1. The average molecular weight is 228 g/mol. The molecule has 0 amide bonds. The Morgan fingerprint density at radius 2 is 2.33 bits per heavy atom. The van der Waals surface area contributed by atoms with E-state index in [1.165, 1.54) is 0 Å². The summed E-state index contributed by atoms with van der Waals surface area (Å²) in [5.41, 5.74) is 0.273. The maximum Gasteiger partial charge on any atom is 0.339 e. The van der Waals surface area contributed by atoms with E-state index in [2.05, 4.69) is 13.8 Å². The van der Waals surface area contributed by atoms with Gasteiger partial charge in [0, 0.05) is 5.25 Å². The molecule has 0 saturated carbocycles. The fraction of sp³-hybridized carbons (Fsp3) is 0.545. The zero-order chi connectivity index (χ0) is 11.4. The van der Waals surface area contributed by atoms with Gasteiger partial charge in [0.15, 0.2) is 0 Å². The van der Waals surface area contributed by atoms with Crippen LogP contribution >= 0.6 is 11.8 Å². The van der Waals surface area contributed by atoms with Crippen molar-refractivity contribution in [3.05, 3.63) is 23.2 Å². The van der Waals surface area contributed by atoms with Gasteiger partial charge < -0.3 is 9.52 Å². The third-order valence-corrected chi connectivity index (χ3v) is 3.64. The van der Waals surface area contributed by atoms with Crippen LogP contribution < -0.4 is 0 Å². The molecule has 0 aliphatic carbocycles. The van der Waals surface area contributed by atoms with E-state index in [1.807, 2.05) is 0 Å². The van der Waals surface area contributed by atoms with E-state index >= 15 is 0 Å². The third kappa shape index (κ3) is 3.30. The number of hydrogen-bond donors (Lipinski definition) is 1. The summed E-state index contributed by atoms with van der Waals surface area (Å²) in [6.45, 7) is 5.97. The standard InChI is InChI=1S/C11H16O3S/c1-4-7(2)15-6-9-5-10(11(12)13)8(3)14-9/h5,7H,4,6H2,1-3H3,(H,12,13). The van der Waals surface area contributed by atoms with Crippen molar-refractivity contribution in [3.63, 3.8) is 0 Å². The van der Waals surface area contributed by atoms with Gasteiger partial charge in [-0.2, -0.15) is 11.8 Å². The van der Waals surface area contributed by atoms with E-state index in [-0.39, 0.29) is 5.56 Å². The third-order valence-electron chi connectivity index (χ3n) is 2.28. The van der Waals surface area contributed by atoms with Crippen molar-refractivity contribution in [2.24, 2.45) is 0 Å². The molecule has 0 aliphatic heterocycles. The van der Waals surface area contributed by atoms with Gasteiger partial charge in [-0.15, -0.1) is 0 Å². The van der Waals surface area contributed by atoms with Crippen molar-refractivity contribution >= 4 is 17.7 Å². The van der Waals surface area contributed by atoms with E-state index in [4.69, 9.17) is 9.52 Å². The molecule has 1 aromatic rings. The second kappa shape index (κ2) is 5.26. The van der Waals surface area contributed by atoms with Gasteiger partial charge in [0.2, 0.25) is 0 Å². The first-order valence-electron chi connectivity index (χ1n) is 4.98. The van der Waals surface area contributed by atoms with Crippen LogP contribution in [0.4, 0.5) is 0 Å². The summed E-state index contributed by atoms with van der Waals surface area (Å²) in [6.07, 6.45) is 1.11. The first-order chi connectivity index (χ1) is 7.04. The molecule has 1 heterocycles. The molecule has 0 fully saturated rings. The molecule has 4 heteroatoms. The summed E-state index contributed by atoms with van der Waals surface area (Å²) in [4.78, 5) is 10.8. The zero-order valence-corrected chi connectivity index (χ0v) is 10.1. The van der Waals surface area contributed by atoms with Crippen molar-refractivity contribution < 1.29 is 14.3 Å². The summed E-state index contributed by atoms with van der Waals surface area (Å²) in [7, 11) is 0. The molecule has 1 atom stereocenters. The molecular formula is C11H16O3S. The summed E-state index contributed by atoms with van der Waals surface area (Å²) in [6, 6.07) is 1.62. The van der Waals surface area contributed by atoms with E-state index in [9.17, 15) is 4.79 Å². The minimum absolute atomic E-state index is 0.273. The Kier molecular flexibility index (Phi) is 4.27. The predicted molar refractivity (Wildman–Crippen MR) is 61.5 cm³/mol. The van der Waals surface area contributed by atoms with Gasteiger partial charge in [0.1, 0.15) is 17.1 Å². The highest BCUT2D eigenvalue weighted by atomic mass is 32.2. The van der Waals surface area contributed by atoms with Gasteiger partial charge in [-0.1, -0.05) is 13.8 Å². The highest BCUT2D eigenvalue weighted by Gasteiger charge is 2.13. The molecule has 0 saturated heterocycles. The Bertz CT molecular complexity index is 344. The van der Waals surface area contributed by atoms with Crippen molar-refractivity contribution in [3.8, 4) is 0 Å². The lowest BCUT2D eigenvalue weighted by molar-refractivity contribution is 0.0695. The van der Waals surface area contributed by atoms with Crippen LogP contribution in [0.5, 0.6) is 0 Å². The summed E-state index contributed by atoms with van der Waals surface area (Å²) < 4.78 is 5.37. The molecule has 84 valence electrons. The van der Waals surface area contributed by atoms with Gasteiger partial charge >= 0.3 is 5.97 Å². The number of hydrogen-bond acceptors (Lipinski definition) is 3. The maximum absolute atomic E-state index is 10.8. The second-order valence-electron chi connectivity index (χ2n) is 3.52. The summed E-state index contributed by atoms with van der Waals surface area (Å²) >= 11 is 1.78. The van der Waals surface area contributed by atoms with Gasteiger partial charge in [-0.25, -0.2) is 4.79 Å². The van der Waals surface area contributed by atoms with Crippen LogP contribution in [0.2, 0.25) is 0 Å². The van der Waals surface area contributed by atoms with Gasteiger partial charge in [0.25, 0.3) is 0 Å². The topological polar surface area (TPSA) is 50.4 Å². The molecule has 0 aliphatic rings. The second-order valence-corrected chi connectivity index (χ2v) is 4.94. The van der Waals surface area contributed by atoms with Crippen molar-refractivity contribution in [1.82, 2.24) is 0 Å². The first kappa shape index (κ1) is 12.2. The SMILES string of the molecule is CCC(C)SCc1cc(C(=O)O)c(C)o1. The smallest absolute Gasteiger partial charge is 0.339 e. The normalized spacial score (nSPS) is 12.7. The number of carboxylic acids is 1. The van der Waals surface area contributed by atoms with E-state index < -0.39 is 5.97 Å². The lowest BCUT2D eigenvalue weighted by atomic mass is 10.2. The molecular weight excluding hydrogens is 212 g/mol. The number of rotatable bonds is 5. The number of furan rings is 1. The minimum Gasteiger partial charge on any atom is -0.478 e. The summed E-state index contributed by atoms with van der Waals surface area (Å²) in [5, 5.41) is 9.41. The van der Waals surface area contributed by atoms with Crippen molar-refractivity contribution in [2.75, 3.05) is 0 Å². The quantitative estimate of drug-likeness (QED) is 0.840. The highest BCUT2D eigenvalue weighted by molar-refractivity contribution is 7.99. The molecule has 0 bridgehead atoms. The Hall–Kier alpha value is -0.900. The fourth-order valence-electron chi connectivity index (χ4n) is 1.17. The Morgan fingerprint density at radius 1 is 1.67 bits per heavy atom. The van der Waals surface area contributed by atoms with E-state index in [0.717, 1.165) is 17.9 Å². The Labute approximate surface area is 93.9 Å². The summed E-state index contributed by atoms with van der Waals surface area (Å²) in [5.74, 6) is 1.05. The predicted octanol–water partition coefficient (Wildman–Crippen LogP) is 3.32. The zero-order valence-electron chi connectivity index (χ0n) is 9.24. The van der Waals surface area contributed by atoms with Crippen LogP contribution in [0.25, 0.3) is 0 Å². The molecule has 0 spiro atoms. The van der Waals surface area contributed by atoms with E-state index in [0.29, 0.717) is 11.0 Å². The highest BCUT2D eigenvalue weighted by Crippen LogP contribution is 2.23. The Morgan fingerprint density at radius 3 is 2.80 bits per heavy atom. The van der Waals surface area contributed by atoms with Crippen LogP contribution in [-0.4, -0.2) is 16.3 Å². The Balaban J connectivity index is 2.63. The minimum atomic E-state index is -0.920.